The highest BCUT2D eigenvalue weighted by molar-refractivity contribution is 6.22. The summed E-state index contributed by atoms with van der Waals surface area (Å²) in [6.07, 6.45) is 8.35. The van der Waals surface area contributed by atoms with Crippen molar-refractivity contribution in [2.75, 3.05) is 11.8 Å². The van der Waals surface area contributed by atoms with E-state index in [1.54, 1.807) is 12.1 Å². The van der Waals surface area contributed by atoms with Crippen molar-refractivity contribution in [2.24, 2.45) is 0 Å². The van der Waals surface area contributed by atoms with Crippen molar-refractivity contribution in [3.8, 4) is 0 Å². The maximum atomic E-state index is 13.4. The summed E-state index contributed by atoms with van der Waals surface area (Å²) in [6, 6.07) is 6.70. The van der Waals surface area contributed by atoms with Crippen LogP contribution in [-0.4, -0.2) is 11.8 Å². The maximum Gasteiger partial charge on any atom is 0.123 e. The van der Waals surface area contributed by atoms with Gasteiger partial charge in [0, 0.05) is 17.2 Å². The van der Waals surface area contributed by atoms with Gasteiger partial charge in [0.1, 0.15) is 5.82 Å². The molecule has 114 valence electrons. The summed E-state index contributed by atoms with van der Waals surface area (Å²) >= 11 is 12.3. The fourth-order valence-corrected chi connectivity index (χ4v) is 3.39. The molecular weight excluding hydrogens is 294 g/mol. The van der Waals surface area contributed by atoms with Crippen molar-refractivity contribution >= 4 is 23.2 Å². The van der Waals surface area contributed by atoms with Crippen molar-refractivity contribution in [1.29, 1.82) is 0 Å². The van der Waals surface area contributed by atoms with Crippen LogP contribution in [0.4, 0.5) is 4.39 Å². The van der Waals surface area contributed by atoms with E-state index in [0.717, 1.165) is 18.4 Å². The van der Waals surface area contributed by atoms with E-state index in [4.69, 9.17) is 23.2 Å². The van der Waals surface area contributed by atoms with Crippen molar-refractivity contribution < 1.29 is 4.39 Å². The molecule has 0 N–H and O–H groups in total. The van der Waals surface area contributed by atoms with E-state index in [2.05, 4.69) is 6.92 Å². The van der Waals surface area contributed by atoms with Gasteiger partial charge in [-0.05, 0) is 24.1 Å². The van der Waals surface area contributed by atoms with E-state index in [1.807, 2.05) is 6.07 Å². The molecule has 0 saturated carbocycles. The summed E-state index contributed by atoms with van der Waals surface area (Å²) in [4.78, 5) is 0. The number of unbranched alkanes of at least 4 members (excludes halogenated alkanes) is 5. The van der Waals surface area contributed by atoms with Gasteiger partial charge >= 0.3 is 0 Å². The van der Waals surface area contributed by atoms with Crippen LogP contribution in [0.1, 0.15) is 57.4 Å². The van der Waals surface area contributed by atoms with Gasteiger partial charge in [-0.15, -0.1) is 23.2 Å². The molecule has 0 atom stereocenters. The number of rotatable bonds is 10. The first-order chi connectivity index (χ1) is 9.68. The summed E-state index contributed by atoms with van der Waals surface area (Å²) < 4.78 is 13.4. The quantitative estimate of drug-likeness (QED) is 0.351. The lowest BCUT2D eigenvalue weighted by atomic mass is 9.79. The van der Waals surface area contributed by atoms with Gasteiger partial charge in [0.2, 0.25) is 0 Å². The third-order valence-electron chi connectivity index (χ3n) is 3.96. The first-order valence-electron chi connectivity index (χ1n) is 7.56. The standard InChI is InChI=1S/C17H25Cl2F/c1-2-3-4-5-6-7-11-17(13-18,14-19)15-9-8-10-16(20)12-15/h8-10,12H,2-7,11,13-14H2,1H3. The summed E-state index contributed by atoms with van der Waals surface area (Å²) in [6.45, 7) is 2.22. The third kappa shape index (κ3) is 5.26. The number of hydrogen-bond acceptors (Lipinski definition) is 0. The molecule has 0 amide bonds. The van der Waals surface area contributed by atoms with Crippen LogP contribution in [0.5, 0.6) is 0 Å². The molecule has 0 fully saturated rings. The normalized spacial score (nSPS) is 11.8. The first-order valence-corrected chi connectivity index (χ1v) is 8.63. The Kier molecular flexibility index (Phi) is 8.56. The zero-order valence-electron chi connectivity index (χ0n) is 12.3. The molecule has 0 aromatic heterocycles. The Morgan fingerprint density at radius 1 is 1.00 bits per heavy atom. The Labute approximate surface area is 132 Å². The summed E-state index contributed by atoms with van der Waals surface area (Å²) in [5, 5.41) is 0. The molecule has 20 heavy (non-hydrogen) atoms. The minimum absolute atomic E-state index is 0.218. The predicted molar refractivity (Wildman–Crippen MR) is 87.5 cm³/mol. The van der Waals surface area contributed by atoms with Crippen molar-refractivity contribution in [1.82, 2.24) is 0 Å². The highest BCUT2D eigenvalue weighted by atomic mass is 35.5. The second kappa shape index (κ2) is 9.63. The lowest BCUT2D eigenvalue weighted by molar-refractivity contribution is 0.449. The second-order valence-corrected chi connectivity index (χ2v) is 6.11. The highest BCUT2D eigenvalue weighted by Crippen LogP contribution is 2.33. The van der Waals surface area contributed by atoms with Crippen molar-refractivity contribution in [3.63, 3.8) is 0 Å². The average Bonchev–Trinajstić information content (AvgIpc) is 2.47. The lowest BCUT2D eigenvalue weighted by Crippen LogP contribution is -2.30. The van der Waals surface area contributed by atoms with Crippen molar-refractivity contribution in [2.45, 2.75) is 57.3 Å². The Hall–Kier alpha value is -0.270. The topological polar surface area (TPSA) is 0 Å². The average molecular weight is 319 g/mol. The van der Waals surface area contributed by atoms with Crippen molar-refractivity contribution in [3.05, 3.63) is 35.6 Å². The van der Waals surface area contributed by atoms with Crippen LogP contribution in [0.15, 0.2) is 24.3 Å². The van der Waals surface area contributed by atoms with Gasteiger partial charge in [-0.25, -0.2) is 4.39 Å². The zero-order valence-corrected chi connectivity index (χ0v) is 13.8. The van der Waals surface area contributed by atoms with Gasteiger partial charge in [-0.2, -0.15) is 0 Å². The number of benzene rings is 1. The smallest absolute Gasteiger partial charge is 0.123 e. The minimum atomic E-state index is -0.296. The largest absolute Gasteiger partial charge is 0.207 e. The zero-order chi connectivity index (χ0) is 14.8. The minimum Gasteiger partial charge on any atom is -0.207 e. The number of halogens is 3. The molecule has 0 unspecified atom stereocenters. The molecule has 0 aliphatic heterocycles. The molecule has 0 radical (unpaired) electrons. The van der Waals surface area contributed by atoms with Crippen LogP contribution >= 0.6 is 23.2 Å². The molecule has 0 aliphatic carbocycles. The van der Waals surface area contributed by atoms with E-state index >= 15 is 0 Å². The fraction of sp³-hybridized carbons (Fsp3) is 0.647. The lowest BCUT2D eigenvalue weighted by Gasteiger charge is -2.30. The maximum absolute atomic E-state index is 13.4. The molecule has 0 saturated heterocycles. The number of hydrogen-bond donors (Lipinski definition) is 0. The highest BCUT2D eigenvalue weighted by Gasteiger charge is 2.30. The van der Waals surface area contributed by atoms with E-state index in [-0.39, 0.29) is 11.2 Å². The monoisotopic (exact) mass is 318 g/mol. The van der Waals surface area contributed by atoms with Gasteiger partial charge in [-0.3, -0.25) is 0 Å². The molecule has 0 bridgehead atoms. The fourth-order valence-electron chi connectivity index (χ4n) is 2.53. The first kappa shape index (κ1) is 17.8. The van der Waals surface area contributed by atoms with E-state index in [0.29, 0.717) is 11.8 Å². The molecule has 0 spiro atoms. The molecule has 1 rings (SSSR count). The van der Waals surface area contributed by atoms with Crippen LogP contribution in [0, 0.1) is 5.82 Å². The van der Waals surface area contributed by atoms with Crippen LogP contribution in [0.3, 0.4) is 0 Å². The molecule has 0 nitrogen and oxygen atoms in total. The summed E-state index contributed by atoms with van der Waals surface area (Å²) in [5.74, 6) is 0.661. The molecule has 1 aromatic carbocycles. The second-order valence-electron chi connectivity index (χ2n) is 5.58. The van der Waals surface area contributed by atoms with Gasteiger partial charge in [0.25, 0.3) is 0 Å². The molecule has 0 aliphatic rings. The Bertz CT molecular complexity index is 375. The van der Waals surface area contributed by atoms with Gasteiger partial charge < -0.3 is 0 Å². The van der Waals surface area contributed by atoms with Crippen LogP contribution in [0.2, 0.25) is 0 Å². The summed E-state index contributed by atoms with van der Waals surface area (Å²) in [5.41, 5.74) is 0.631. The number of alkyl halides is 2. The molecule has 1 aromatic rings. The van der Waals surface area contributed by atoms with E-state index < -0.39 is 0 Å². The molecule has 0 heterocycles. The molecular formula is C17H25Cl2F. The summed E-state index contributed by atoms with van der Waals surface area (Å²) in [7, 11) is 0. The predicted octanol–water partition coefficient (Wildman–Crippen LogP) is 6.29. The van der Waals surface area contributed by atoms with E-state index in [9.17, 15) is 4.39 Å². The van der Waals surface area contributed by atoms with Gasteiger partial charge in [-0.1, -0.05) is 57.6 Å². The Morgan fingerprint density at radius 2 is 1.65 bits per heavy atom. The molecule has 3 heteroatoms. The van der Waals surface area contributed by atoms with Gasteiger partial charge in [0.15, 0.2) is 0 Å². The SMILES string of the molecule is CCCCCCCCC(CCl)(CCl)c1cccc(F)c1. The van der Waals surface area contributed by atoms with Crippen LogP contribution in [-0.2, 0) is 5.41 Å². The Morgan fingerprint density at radius 3 is 2.25 bits per heavy atom. The van der Waals surface area contributed by atoms with Crippen LogP contribution in [0.25, 0.3) is 0 Å². The van der Waals surface area contributed by atoms with Gasteiger partial charge in [0.05, 0.1) is 0 Å². The third-order valence-corrected chi connectivity index (χ3v) is 4.98. The Balaban J connectivity index is 2.58. The van der Waals surface area contributed by atoms with Crippen LogP contribution < -0.4 is 0 Å². The van der Waals surface area contributed by atoms with E-state index in [1.165, 1.54) is 38.2 Å².